The van der Waals surface area contributed by atoms with Crippen LogP contribution in [0.2, 0.25) is 0 Å². The van der Waals surface area contributed by atoms with Crippen molar-refractivity contribution >= 4 is 18.0 Å². The largest absolute Gasteiger partial charge is 0.492 e. The van der Waals surface area contributed by atoms with Crippen LogP contribution in [-0.4, -0.2) is 37.4 Å². The lowest BCUT2D eigenvalue weighted by molar-refractivity contribution is -0.132. The van der Waals surface area contributed by atoms with Crippen LogP contribution in [0.15, 0.2) is 17.7 Å². The van der Waals surface area contributed by atoms with Gasteiger partial charge in [0.2, 0.25) is 0 Å². The van der Waals surface area contributed by atoms with Gasteiger partial charge in [-0.05, 0) is 37.5 Å². The van der Waals surface area contributed by atoms with E-state index in [4.69, 9.17) is 9.47 Å². The molecule has 0 fully saturated rings. The molecular formula is C23H32O6. The van der Waals surface area contributed by atoms with Gasteiger partial charge in [-0.2, -0.15) is 0 Å². The molecule has 0 aliphatic rings. The maximum atomic E-state index is 12.8. The smallest absolute Gasteiger partial charge is 0.331 e. The zero-order valence-electron chi connectivity index (χ0n) is 17.9. The molecule has 0 heterocycles. The lowest BCUT2D eigenvalue weighted by atomic mass is 9.98. The van der Waals surface area contributed by atoms with Crippen molar-refractivity contribution in [2.45, 2.75) is 65.2 Å². The molecular weight excluding hydrogens is 372 g/mol. The monoisotopic (exact) mass is 404 g/mol. The van der Waals surface area contributed by atoms with Crippen molar-refractivity contribution in [3.63, 3.8) is 0 Å². The molecule has 0 amide bonds. The molecule has 0 aromatic heterocycles. The molecule has 1 rings (SSSR count). The summed E-state index contributed by atoms with van der Waals surface area (Å²) >= 11 is 0. The SMILES string of the molecule is CCCCCCCCCC(=CC(=O)c1cc(C)c(C=O)c(OC)c1OC)C(=O)O. The Labute approximate surface area is 172 Å². The van der Waals surface area contributed by atoms with Crippen LogP contribution < -0.4 is 9.47 Å². The Morgan fingerprint density at radius 3 is 2.10 bits per heavy atom. The van der Waals surface area contributed by atoms with Crippen molar-refractivity contribution in [1.29, 1.82) is 0 Å². The number of aliphatic carboxylic acids is 1. The van der Waals surface area contributed by atoms with E-state index in [0.717, 1.165) is 31.8 Å². The summed E-state index contributed by atoms with van der Waals surface area (Å²) in [4.78, 5) is 35.7. The molecule has 160 valence electrons. The quantitative estimate of drug-likeness (QED) is 0.199. The van der Waals surface area contributed by atoms with E-state index in [1.165, 1.54) is 39.5 Å². The predicted octanol–water partition coefficient (Wildman–Crippen LogP) is 5.16. The number of allylic oxidation sites excluding steroid dienone is 1. The minimum Gasteiger partial charge on any atom is -0.492 e. The summed E-state index contributed by atoms with van der Waals surface area (Å²) < 4.78 is 10.5. The Balaban J connectivity index is 2.99. The molecule has 0 aliphatic carbocycles. The lowest BCUT2D eigenvalue weighted by Gasteiger charge is -2.15. The first-order valence-corrected chi connectivity index (χ1v) is 10.1. The highest BCUT2D eigenvalue weighted by Gasteiger charge is 2.22. The molecule has 0 atom stereocenters. The van der Waals surface area contributed by atoms with Crippen LogP contribution in [0.3, 0.4) is 0 Å². The van der Waals surface area contributed by atoms with Gasteiger partial charge in [0.05, 0.1) is 25.3 Å². The van der Waals surface area contributed by atoms with Crippen molar-refractivity contribution in [2.24, 2.45) is 0 Å². The first-order valence-electron chi connectivity index (χ1n) is 10.1. The average molecular weight is 405 g/mol. The van der Waals surface area contributed by atoms with Crippen molar-refractivity contribution in [1.82, 2.24) is 0 Å². The molecule has 0 unspecified atom stereocenters. The fraction of sp³-hybridized carbons (Fsp3) is 0.522. The minimum atomic E-state index is -1.10. The normalized spacial score (nSPS) is 11.2. The van der Waals surface area contributed by atoms with Gasteiger partial charge in [-0.3, -0.25) is 9.59 Å². The summed E-state index contributed by atoms with van der Waals surface area (Å²) in [6, 6.07) is 1.52. The third-order valence-electron chi connectivity index (χ3n) is 4.90. The average Bonchev–Trinajstić information content (AvgIpc) is 2.70. The van der Waals surface area contributed by atoms with Crippen LogP contribution >= 0.6 is 0 Å². The fourth-order valence-electron chi connectivity index (χ4n) is 3.27. The zero-order chi connectivity index (χ0) is 21.8. The highest BCUT2D eigenvalue weighted by Crippen LogP contribution is 2.36. The van der Waals surface area contributed by atoms with Gasteiger partial charge in [0.1, 0.15) is 0 Å². The Hall–Kier alpha value is -2.63. The molecule has 1 aromatic carbocycles. The van der Waals surface area contributed by atoms with Crippen molar-refractivity contribution in [3.8, 4) is 11.5 Å². The van der Waals surface area contributed by atoms with Crippen LogP contribution in [0.5, 0.6) is 11.5 Å². The maximum absolute atomic E-state index is 12.8. The first kappa shape index (κ1) is 24.4. The van der Waals surface area contributed by atoms with Crippen LogP contribution in [0, 0.1) is 6.92 Å². The highest BCUT2D eigenvalue weighted by atomic mass is 16.5. The number of unbranched alkanes of at least 4 members (excludes halogenated alkanes) is 6. The van der Waals surface area contributed by atoms with Gasteiger partial charge in [-0.15, -0.1) is 0 Å². The van der Waals surface area contributed by atoms with Gasteiger partial charge < -0.3 is 14.6 Å². The molecule has 6 heteroatoms. The molecule has 6 nitrogen and oxygen atoms in total. The standard InChI is InChI=1S/C23H32O6/c1-5-6-7-8-9-10-11-12-17(23(26)27)14-20(25)18-13-16(2)19(15-24)22(29-4)21(18)28-3/h13-15H,5-12H2,1-4H3,(H,26,27). The Bertz CT molecular complexity index is 748. The Kier molecular flexibility index (Phi) is 10.7. The molecule has 0 aliphatic heterocycles. The van der Waals surface area contributed by atoms with Crippen LogP contribution in [-0.2, 0) is 4.79 Å². The van der Waals surface area contributed by atoms with E-state index in [1.807, 2.05) is 0 Å². The van der Waals surface area contributed by atoms with E-state index in [9.17, 15) is 19.5 Å². The molecule has 1 aromatic rings. The van der Waals surface area contributed by atoms with Crippen molar-refractivity contribution in [2.75, 3.05) is 14.2 Å². The number of ketones is 1. The topological polar surface area (TPSA) is 89.9 Å². The second kappa shape index (κ2) is 12.8. The van der Waals surface area contributed by atoms with Gasteiger partial charge in [-0.1, -0.05) is 45.4 Å². The molecule has 0 radical (unpaired) electrons. The van der Waals surface area contributed by atoms with Crippen LogP contribution in [0.4, 0.5) is 0 Å². The summed E-state index contributed by atoms with van der Waals surface area (Å²) in [6.07, 6.45) is 9.62. The van der Waals surface area contributed by atoms with Gasteiger partial charge in [0.25, 0.3) is 0 Å². The van der Waals surface area contributed by atoms with E-state index < -0.39 is 11.8 Å². The van der Waals surface area contributed by atoms with Crippen molar-refractivity contribution < 1.29 is 29.0 Å². The molecule has 0 bridgehead atoms. The van der Waals surface area contributed by atoms with E-state index in [0.29, 0.717) is 23.8 Å². The molecule has 0 spiro atoms. The Morgan fingerprint density at radius 1 is 1.00 bits per heavy atom. The third-order valence-corrected chi connectivity index (χ3v) is 4.90. The molecule has 0 saturated carbocycles. The third kappa shape index (κ3) is 7.04. The van der Waals surface area contributed by atoms with Gasteiger partial charge in [0, 0.05) is 5.57 Å². The number of hydrogen-bond acceptors (Lipinski definition) is 5. The predicted molar refractivity (Wildman–Crippen MR) is 112 cm³/mol. The number of aldehydes is 1. The number of carboxylic acid groups (broad SMARTS) is 1. The van der Waals surface area contributed by atoms with E-state index >= 15 is 0 Å². The van der Waals surface area contributed by atoms with Gasteiger partial charge >= 0.3 is 5.97 Å². The summed E-state index contributed by atoms with van der Waals surface area (Å²) in [5.74, 6) is -1.29. The van der Waals surface area contributed by atoms with Crippen LogP contribution in [0.25, 0.3) is 0 Å². The van der Waals surface area contributed by atoms with Gasteiger partial charge in [-0.25, -0.2) is 4.79 Å². The molecule has 29 heavy (non-hydrogen) atoms. The number of carbonyl (C=O) groups is 3. The summed E-state index contributed by atoms with van der Waals surface area (Å²) in [5.41, 5.74) is 1.09. The number of carbonyl (C=O) groups excluding carboxylic acids is 2. The fourth-order valence-corrected chi connectivity index (χ4v) is 3.27. The lowest BCUT2D eigenvalue weighted by Crippen LogP contribution is -2.08. The summed E-state index contributed by atoms with van der Waals surface area (Å²) in [5, 5.41) is 9.48. The molecule has 0 saturated heterocycles. The van der Waals surface area contributed by atoms with E-state index in [-0.39, 0.29) is 22.6 Å². The molecule has 1 N–H and O–H groups in total. The second-order valence-electron chi connectivity index (χ2n) is 7.05. The van der Waals surface area contributed by atoms with E-state index in [2.05, 4.69) is 6.92 Å². The number of ether oxygens (including phenoxy) is 2. The minimum absolute atomic E-state index is 0.0710. The number of hydrogen-bond donors (Lipinski definition) is 1. The highest BCUT2D eigenvalue weighted by molar-refractivity contribution is 6.11. The van der Waals surface area contributed by atoms with Crippen molar-refractivity contribution in [3.05, 3.63) is 34.4 Å². The number of aryl methyl sites for hydroxylation is 1. The first-order chi connectivity index (χ1) is 13.9. The van der Waals surface area contributed by atoms with Crippen LogP contribution in [0.1, 0.15) is 84.6 Å². The zero-order valence-corrected chi connectivity index (χ0v) is 17.9. The number of rotatable bonds is 14. The summed E-state index contributed by atoms with van der Waals surface area (Å²) in [7, 11) is 2.76. The Morgan fingerprint density at radius 2 is 1.59 bits per heavy atom. The number of carboxylic acids is 1. The second-order valence-corrected chi connectivity index (χ2v) is 7.05. The number of benzene rings is 1. The van der Waals surface area contributed by atoms with Gasteiger partial charge in [0.15, 0.2) is 23.6 Å². The number of methoxy groups -OCH3 is 2. The van der Waals surface area contributed by atoms with E-state index in [1.54, 1.807) is 6.92 Å². The summed E-state index contributed by atoms with van der Waals surface area (Å²) in [6.45, 7) is 3.85. The maximum Gasteiger partial charge on any atom is 0.331 e.